The highest BCUT2D eigenvalue weighted by Crippen LogP contribution is 2.27. The van der Waals surface area contributed by atoms with Crippen molar-refractivity contribution in [1.82, 2.24) is 9.62 Å². The molecule has 0 radical (unpaired) electrons. The van der Waals surface area contributed by atoms with Crippen molar-refractivity contribution in [3.8, 4) is 5.75 Å². The van der Waals surface area contributed by atoms with Gasteiger partial charge in [0.1, 0.15) is 16.7 Å². The lowest BCUT2D eigenvalue weighted by atomic mass is 10.1. The molecule has 1 aliphatic rings. The van der Waals surface area contributed by atoms with Gasteiger partial charge in [-0.15, -0.1) is 0 Å². The molecule has 106 valence electrons. The molecule has 1 fully saturated rings. The monoisotopic (exact) mass is 284 g/mol. The molecule has 0 spiro atoms. The van der Waals surface area contributed by atoms with Crippen LogP contribution in [-0.4, -0.2) is 46.0 Å². The number of nitrogens with one attached hydrogen (secondary N) is 1. The van der Waals surface area contributed by atoms with Crippen molar-refractivity contribution in [3.05, 3.63) is 24.3 Å². The van der Waals surface area contributed by atoms with E-state index in [0.29, 0.717) is 5.75 Å². The van der Waals surface area contributed by atoms with Crippen LogP contribution in [-0.2, 0) is 10.0 Å². The van der Waals surface area contributed by atoms with Crippen LogP contribution in [0.1, 0.15) is 12.8 Å². The van der Waals surface area contributed by atoms with E-state index in [0.717, 1.165) is 25.9 Å². The fourth-order valence-electron chi connectivity index (χ4n) is 2.06. The highest BCUT2D eigenvalue weighted by Gasteiger charge is 2.24. The minimum absolute atomic E-state index is 0.0345. The van der Waals surface area contributed by atoms with Crippen LogP contribution >= 0.6 is 0 Å². The van der Waals surface area contributed by atoms with Crippen molar-refractivity contribution in [1.29, 1.82) is 0 Å². The second-order valence-corrected chi connectivity index (χ2v) is 6.94. The predicted octanol–water partition coefficient (Wildman–Crippen LogP) is 1.07. The summed E-state index contributed by atoms with van der Waals surface area (Å²) in [7, 11) is -0.426. The number of ether oxygens (including phenoxy) is 1. The zero-order valence-corrected chi connectivity index (χ0v) is 12.1. The fourth-order valence-corrected chi connectivity index (χ4v) is 3.07. The summed E-state index contributed by atoms with van der Waals surface area (Å²) in [5.74, 6) is 0.435. The summed E-state index contributed by atoms with van der Waals surface area (Å²) < 4.78 is 31.5. The molecule has 1 heterocycles. The largest absolute Gasteiger partial charge is 0.488 e. The predicted molar refractivity (Wildman–Crippen MR) is 73.8 cm³/mol. The number of sulfonamides is 1. The average molecular weight is 284 g/mol. The van der Waals surface area contributed by atoms with Gasteiger partial charge >= 0.3 is 0 Å². The Bertz CT molecular complexity index is 522. The van der Waals surface area contributed by atoms with Crippen molar-refractivity contribution >= 4 is 10.0 Å². The normalized spacial score (nSPS) is 20.5. The molecule has 1 aromatic rings. The molecule has 0 saturated carbocycles. The first-order valence-corrected chi connectivity index (χ1v) is 7.85. The fraction of sp³-hybridized carbons (Fsp3) is 0.538. The highest BCUT2D eigenvalue weighted by atomic mass is 32.2. The van der Waals surface area contributed by atoms with Gasteiger partial charge in [0.15, 0.2) is 0 Å². The summed E-state index contributed by atoms with van der Waals surface area (Å²) in [6.07, 6.45) is 2.03. The quantitative estimate of drug-likeness (QED) is 0.898. The molecule has 1 atom stereocenters. The maximum atomic E-state index is 12.2. The Hall–Kier alpha value is -1.11. The van der Waals surface area contributed by atoms with Gasteiger partial charge in [-0.05, 0) is 31.5 Å². The molecule has 6 heteroatoms. The number of hydrogen-bond acceptors (Lipinski definition) is 4. The number of hydrogen-bond donors (Lipinski definition) is 1. The lowest BCUT2D eigenvalue weighted by molar-refractivity contribution is 0.162. The van der Waals surface area contributed by atoms with E-state index in [4.69, 9.17) is 4.74 Å². The van der Waals surface area contributed by atoms with Crippen LogP contribution in [0.2, 0.25) is 0 Å². The molecule has 1 aliphatic heterocycles. The first-order valence-electron chi connectivity index (χ1n) is 6.41. The summed E-state index contributed by atoms with van der Waals surface area (Å²) in [5, 5.41) is 3.25. The average Bonchev–Trinajstić information content (AvgIpc) is 2.40. The summed E-state index contributed by atoms with van der Waals surface area (Å²) in [5.41, 5.74) is 0. The van der Waals surface area contributed by atoms with Gasteiger partial charge in [0.05, 0.1) is 0 Å². The van der Waals surface area contributed by atoms with E-state index in [2.05, 4.69) is 5.32 Å². The third-order valence-electron chi connectivity index (χ3n) is 3.15. The SMILES string of the molecule is CN(C)S(=O)(=O)c1ccccc1OC1CCCNC1. The zero-order valence-electron chi connectivity index (χ0n) is 11.3. The minimum atomic E-state index is -3.47. The first-order chi connectivity index (χ1) is 9.01. The summed E-state index contributed by atoms with van der Waals surface area (Å²) >= 11 is 0. The van der Waals surface area contributed by atoms with E-state index >= 15 is 0 Å². The van der Waals surface area contributed by atoms with E-state index in [9.17, 15) is 8.42 Å². The van der Waals surface area contributed by atoms with Crippen LogP contribution in [0.5, 0.6) is 5.75 Å². The Kier molecular flexibility index (Phi) is 4.44. The van der Waals surface area contributed by atoms with Gasteiger partial charge in [-0.2, -0.15) is 0 Å². The van der Waals surface area contributed by atoms with Crippen LogP contribution < -0.4 is 10.1 Å². The van der Waals surface area contributed by atoms with Crippen LogP contribution in [0.15, 0.2) is 29.2 Å². The molecular formula is C13H20N2O3S. The van der Waals surface area contributed by atoms with Crippen LogP contribution in [0, 0.1) is 0 Å². The minimum Gasteiger partial charge on any atom is -0.488 e. The van der Waals surface area contributed by atoms with Gasteiger partial charge in [0.25, 0.3) is 0 Å². The summed E-state index contributed by atoms with van der Waals surface area (Å²) in [6, 6.07) is 6.80. The van der Waals surface area contributed by atoms with E-state index in [1.807, 2.05) is 0 Å². The number of para-hydroxylation sites is 1. The third kappa shape index (κ3) is 3.26. The van der Waals surface area contributed by atoms with Crippen LogP contribution in [0.3, 0.4) is 0 Å². The smallest absolute Gasteiger partial charge is 0.246 e. The third-order valence-corrected chi connectivity index (χ3v) is 5.01. The molecular weight excluding hydrogens is 264 g/mol. The second-order valence-electron chi connectivity index (χ2n) is 4.82. The van der Waals surface area contributed by atoms with Crippen LogP contribution in [0.25, 0.3) is 0 Å². The molecule has 0 bridgehead atoms. The van der Waals surface area contributed by atoms with Crippen LogP contribution in [0.4, 0.5) is 0 Å². The van der Waals surface area contributed by atoms with Crippen molar-refractivity contribution in [2.24, 2.45) is 0 Å². The molecule has 2 rings (SSSR count). The number of benzene rings is 1. The van der Waals surface area contributed by atoms with Gasteiger partial charge < -0.3 is 10.1 Å². The number of rotatable bonds is 4. The van der Waals surface area contributed by atoms with Crippen molar-refractivity contribution in [3.63, 3.8) is 0 Å². The zero-order chi connectivity index (χ0) is 13.9. The maximum Gasteiger partial charge on any atom is 0.246 e. The molecule has 1 unspecified atom stereocenters. The van der Waals surface area contributed by atoms with Gasteiger partial charge in [0, 0.05) is 20.6 Å². The van der Waals surface area contributed by atoms with Crippen molar-refractivity contribution in [2.75, 3.05) is 27.2 Å². The lowest BCUT2D eigenvalue weighted by Gasteiger charge is -2.25. The van der Waals surface area contributed by atoms with E-state index < -0.39 is 10.0 Å². The highest BCUT2D eigenvalue weighted by molar-refractivity contribution is 7.89. The van der Waals surface area contributed by atoms with E-state index in [-0.39, 0.29) is 11.0 Å². The standard InChI is InChI=1S/C13H20N2O3S/c1-15(2)19(16,17)13-8-4-3-7-12(13)18-11-6-5-9-14-10-11/h3-4,7-8,11,14H,5-6,9-10H2,1-2H3. The maximum absolute atomic E-state index is 12.2. The topological polar surface area (TPSA) is 58.6 Å². The van der Waals surface area contributed by atoms with Crippen molar-refractivity contribution in [2.45, 2.75) is 23.8 Å². The number of piperidine rings is 1. The summed E-state index contributed by atoms with van der Waals surface area (Å²) in [4.78, 5) is 0.227. The molecule has 1 aromatic carbocycles. The summed E-state index contributed by atoms with van der Waals surface area (Å²) in [6.45, 7) is 1.76. The molecule has 1 N–H and O–H groups in total. The Morgan fingerprint density at radius 3 is 2.68 bits per heavy atom. The van der Waals surface area contributed by atoms with E-state index in [1.54, 1.807) is 24.3 Å². The number of nitrogens with zero attached hydrogens (tertiary/aromatic N) is 1. The lowest BCUT2D eigenvalue weighted by Crippen LogP contribution is -2.37. The molecule has 1 saturated heterocycles. The Labute approximate surface area is 114 Å². The van der Waals surface area contributed by atoms with Gasteiger partial charge in [0.2, 0.25) is 10.0 Å². The van der Waals surface area contributed by atoms with Gasteiger partial charge in [-0.3, -0.25) is 0 Å². The second kappa shape index (κ2) is 5.90. The van der Waals surface area contributed by atoms with Crippen molar-refractivity contribution < 1.29 is 13.2 Å². The molecule has 19 heavy (non-hydrogen) atoms. The molecule has 5 nitrogen and oxygen atoms in total. The Morgan fingerprint density at radius 1 is 1.32 bits per heavy atom. The Morgan fingerprint density at radius 2 is 2.05 bits per heavy atom. The molecule has 0 aliphatic carbocycles. The van der Waals surface area contributed by atoms with Gasteiger partial charge in [-0.25, -0.2) is 12.7 Å². The first kappa shape index (κ1) is 14.3. The Balaban J connectivity index is 2.26. The molecule has 0 aromatic heterocycles. The van der Waals surface area contributed by atoms with E-state index in [1.165, 1.54) is 18.4 Å². The molecule has 0 amide bonds. The van der Waals surface area contributed by atoms with Gasteiger partial charge in [-0.1, -0.05) is 12.1 Å².